The molecule has 2 aromatic carbocycles. The van der Waals surface area contributed by atoms with Crippen molar-refractivity contribution < 1.29 is 23.1 Å². The van der Waals surface area contributed by atoms with Crippen LogP contribution in [0.15, 0.2) is 59.0 Å². The highest BCUT2D eigenvalue weighted by Gasteiger charge is 2.33. The Labute approximate surface area is 210 Å². The van der Waals surface area contributed by atoms with Gasteiger partial charge in [0, 0.05) is 25.6 Å². The predicted octanol–water partition coefficient (Wildman–Crippen LogP) is 5.36. The molecule has 2 aliphatic rings. The first kappa shape index (κ1) is 24.1. The molecule has 188 valence electrons. The van der Waals surface area contributed by atoms with Crippen LogP contribution in [-0.2, 0) is 17.8 Å². The summed E-state index contributed by atoms with van der Waals surface area (Å²) in [4.78, 5) is 29.3. The third-order valence-electron chi connectivity index (χ3n) is 6.96. The third-order valence-corrected chi connectivity index (χ3v) is 6.96. The lowest BCUT2D eigenvalue weighted by atomic mass is 9.87. The van der Waals surface area contributed by atoms with E-state index in [9.17, 15) is 14.0 Å². The van der Waals surface area contributed by atoms with Crippen molar-refractivity contribution in [2.24, 2.45) is 5.92 Å². The normalized spacial score (nSPS) is 17.4. The Morgan fingerprint density at radius 2 is 1.78 bits per heavy atom. The summed E-state index contributed by atoms with van der Waals surface area (Å²) in [5, 5.41) is 0. The summed E-state index contributed by atoms with van der Waals surface area (Å²) in [7, 11) is 0. The standard InChI is InChI=1S/C29H31FN2O4/c1-19(2)28(33)32-16-13-20-7-10-23(17-25(20)27(32)21-5-8-22(30)9-6-21)35-18-24-11-12-26(36-24)29(34)31-14-3-4-15-31/h5-12,17,19,27H,3-4,13-16,18H2,1-2H3. The molecule has 0 aliphatic carbocycles. The largest absolute Gasteiger partial charge is 0.486 e. The predicted molar refractivity (Wildman–Crippen MR) is 133 cm³/mol. The molecule has 1 saturated heterocycles. The number of carbonyl (C=O) groups is 2. The average Bonchev–Trinajstić information content (AvgIpc) is 3.59. The molecule has 2 aliphatic heterocycles. The van der Waals surface area contributed by atoms with Crippen LogP contribution >= 0.6 is 0 Å². The Morgan fingerprint density at radius 3 is 2.50 bits per heavy atom. The highest BCUT2D eigenvalue weighted by atomic mass is 19.1. The van der Waals surface area contributed by atoms with Crippen molar-refractivity contribution in [1.82, 2.24) is 9.80 Å². The summed E-state index contributed by atoms with van der Waals surface area (Å²) in [5.41, 5.74) is 2.98. The summed E-state index contributed by atoms with van der Waals surface area (Å²) >= 11 is 0. The summed E-state index contributed by atoms with van der Waals surface area (Å²) in [6.45, 7) is 6.11. The number of furan rings is 1. The van der Waals surface area contributed by atoms with Gasteiger partial charge in [0.2, 0.25) is 5.91 Å². The van der Waals surface area contributed by atoms with Crippen LogP contribution in [0.25, 0.3) is 0 Å². The number of nitrogens with zero attached hydrogens (tertiary/aromatic N) is 2. The van der Waals surface area contributed by atoms with Crippen LogP contribution in [0.1, 0.15) is 65.7 Å². The van der Waals surface area contributed by atoms with Crippen molar-refractivity contribution in [1.29, 1.82) is 0 Å². The maximum atomic E-state index is 13.7. The second-order valence-electron chi connectivity index (χ2n) is 9.80. The zero-order valence-electron chi connectivity index (χ0n) is 20.7. The van der Waals surface area contributed by atoms with E-state index in [1.165, 1.54) is 12.1 Å². The number of likely N-dealkylation sites (tertiary alicyclic amines) is 1. The zero-order valence-corrected chi connectivity index (χ0v) is 20.7. The lowest BCUT2D eigenvalue weighted by Crippen LogP contribution is -2.42. The van der Waals surface area contributed by atoms with E-state index in [0.29, 0.717) is 23.8 Å². The quantitative estimate of drug-likeness (QED) is 0.467. The van der Waals surface area contributed by atoms with Gasteiger partial charge in [-0.15, -0.1) is 0 Å². The Kier molecular flexibility index (Phi) is 6.81. The monoisotopic (exact) mass is 490 g/mol. The summed E-state index contributed by atoms with van der Waals surface area (Å²) in [6.07, 6.45) is 2.80. The van der Waals surface area contributed by atoms with Gasteiger partial charge >= 0.3 is 0 Å². The van der Waals surface area contributed by atoms with E-state index in [-0.39, 0.29) is 36.2 Å². The molecule has 0 N–H and O–H groups in total. The molecule has 3 aromatic rings. The smallest absolute Gasteiger partial charge is 0.289 e. The first-order valence-electron chi connectivity index (χ1n) is 12.6. The highest BCUT2D eigenvalue weighted by Crippen LogP contribution is 2.38. The van der Waals surface area contributed by atoms with Crippen molar-refractivity contribution in [3.63, 3.8) is 0 Å². The van der Waals surface area contributed by atoms with E-state index in [2.05, 4.69) is 0 Å². The molecule has 1 atom stereocenters. The van der Waals surface area contributed by atoms with Crippen LogP contribution < -0.4 is 4.74 Å². The topological polar surface area (TPSA) is 63.0 Å². The zero-order chi connectivity index (χ0) is 25.2. The number of fused-ring (bicyclic) bond motifs is 1. The molecule has 1 unspecified atom stereocenters. The van der Waals surface area contributed by atoms with E-state index in [4.69, 9.17) is 9.15 Å². The summed E-state index contributed by atoms with van der Waals surface area (Å²) in [5.74, 6) is 1.07. The number of rotatable bonds is 6. The van der Waals surface area contributed by atoms with Crippen LogP contribution in [-0.4, -0.2) is 41.2 Å². The maximum Gasteiger partial charge on any atom is 0.289 e. The SMILES string of the molecule is CC(C)C(=O)N1CCc2ccc(OCc3ccc(C(=O)N4CCCC4)o3)cc2C1c1ccc(F)cc1. The van der Waals surface area contributed by atoms with Gasteiger partial charge in [0.1, 0.15) is 23.9 Å². The Balaban J connectivity index is 1.37. The molecular formula is C29H31FN2O4. The van der Waals surface area contributed by atoms with Crippen molar-refractivity contribution >= 4 is 11.8 Å². The van der Waals surface area contributed by atoms with Gasteiger partial charge in [-0.2, -0.15) is 0 Å². The molecule has 0 spiro atoms. The minimum absolute atomic E-state index is 0.0621. The Hall–Kier alpha value is -3.61. The molecule has 5 rings (SSSR count). The molecule has 0 saturated carbocycles. The molecule has 36 heavy (non-hydrogen) atoms. The van der Waals surface area contributed by atoms with Crippen molar-refractivity contribution in [2.75, 3.05) is 19.6 Å². The first-order chi connectivity index (χ1) is 17.4. The van der Waals surface area contributed by atoms with E-state index in [0.717, 1.165) is 49.0 Å². The maximum absolute atomic E-state index is 13.7. The second-order valence-corrected chi connectivity index (χ2v) is 9.80. The number of ether oxygens (including phenoxy) is 1. The molecule has 2 amide bonds. The number of halogens is 1. The van der Waals surface area contributed by atoms with E-state index in [1.54, 1.807) is 24.3 Å². The fourth-order valence-electron chi connectivity index (χ4n) is 5.06. The van der Waals surface area contributed by atoms with Crippen LogP contribution in [0, 0.1) is 11.7 Å². The average molecular weight is 491 g/mol. The summed E-state index contributed by atoms with van der Waals surface area (Å²) in [6, 6.07) is 15.4. The molecule has 1 aromatic heterocycles. The number of hydrogen-bond acceptors (Lipinski definition) is 4. The van der Waals surface area contributed by atoms with Gasteiger partial charge in [-0.25, -0.2) is 4.39 Å². The Morgan fingerprint density at radius 1 is 1.03 bits per heavy atom. The van der Waals surface area contributed by atoms with Crippen molar-refractivity contribution in [3.8, 4) is 5.75 Å². The fraction of sp³-hybridized carbons (Fsp3) is 0.379. The number of hydrogen-bond donors (Lipinski definition) is 0. The molecule has 0 radical (unpaired) electrons. The summed E-state index contributed by atoms with van der Waals surface area (Å²) < 4.78 is 25.5. The van der Waals surface area contributed by atoms with E-state index in [1.807, 2.05) is 41.8 Å². The molecular weight excluding hydrogens is 459 g/mol. The molecule has 1 fully saturated rings. The second kappa shape index (κ2) is 10.2. The van der Waals surface area contributed by atoms with Crippen LogP contribution in [0.4, 0.5) is 4.39 Å². The highest BCUT2D eigenvalue weighted by molar-refractivity contribution is 5.91. The van der Waals surface area contributed by atoms with Crippen LogP contribution in [0.5, 0.6) is 5.75 Å². The van der Waals surface area contributed by atoms with Gasteiger partial charge in [-0.05, 0) is 72.4 Å². The minimum Gasteiger partial charge on any atom is -0.486 e. The first-order valence-corrected chi connectivity index (χ1v) is 12.6. The molecule has 7 heteroatoms. The van der Waals surface area contributed by atoms with Crippen molar-refractivity contribution in [3.05, 3.63) is 88.6 Å². The Bertz CT molecular complexity index is 1240. The lowest BCUT2D eigenvalue weighted by molar-refractivity contribution is -0.136. The minimum atomic E-state index is -0.318. The van der Waals surface area contributed by atoms with Crippen LogP contribution in [0.3, 0.4) is 0 Å². The van der Waals surface area contributed by atoms with Crippen LogP contribution in [0.2, 0.25) is 0 Å². The number of amides is 2. The van der Waals surface area contributed by atoms with E-state index < -0.39 is 0 Å². The van der Waals surface area contributed by atoms with Gasteiger partial charge in [-0.3, -0.25) is 9.59 Å². The van der Waals surface area contributed by atoms with Crippen molar-refractivity contribution in [2.45, 2.75) is 45.8 Å². The molecule has 6 nitrogen and oxygen atoms in total. The molecule has 3 heterocycles. The van der Waals surface area contributed by atoms with Gasteiger partial charge in [0.15, 0.2) is 5.76 Å². The number of benzene rings is 2. The van der Waals surface area contributed by atoms with E-state index >= 15 is 0 Å². The number of carbonyl (C=O) groups excluding carboxylic acids is 2. The van der Waals surface area contributed by atoms with Gasteiger partial charge < -0.3 is 19.0 Å². The van der Waals surface area contributed by atoms with Gasteiger partial charge in [0.05, 0.1) is 6.04 Å². The third kappa shape index (κ3) is 4.87. The lowest BCUT2D eigenvalue weighted by Gasteiger charge is -2.39. The van der Waals surface area contributed by atoms with Gasteiger partial charge in [0.25, 0.3) is 5.91 Å². The van der Waals surface area contributed by atoms with Gasteiger partial charge in [-0.1, -0.05) is 32.0 Å². The molecule has 0 bridgehead atoms. The fourth-order valence-corrected chi connectivity index (χ4v) is 5.06.